The van der Waals surface area contributed by atoms with Gasteiger partial charge in [0.25, 0.3) is 0 Å². The zero-order valence-corrected chi connectivity index (χ0v) is 14.7. The van der Waals surface area contributed by atoms with E-state index < -0.39 is 0 Å². The molecule has 1 aliphatic heterocycles. The predicted molar refractivity (Wildman–Crippen MR) is 91.0 cm³/mol. The maximum Gasteiger partial charge on any atom is 0.410 e. The molecule has 0 bridgehead atoms. The zero-order valence-electron chi connectivity index (χ0n) is 13.1. The van der Waals surface area contributed by atoms with E-state index in [-0.39, 0.29) is 12.1 Å². The number of carbonyl (C=O) groups excluding carboxylic acids is 1. The van der Waals surface area contributed by atoms with Gasteiger partial charge in [-0.05, 0) is 43.0 Å². The molecule has 4 nitrogen and oxygen atoms in total. The molecule has 3 rings (SSSR count). The summed E-state index contributed by atoms with van der Waals surface area (Å²) in [6, 6.07) is 6.26. The molecule has 0 fully saturated rings. The average Bonchev–Trinajstić information content (AvgIpc) is 2.84. The Morgan fingerprint density at radius 3 is 3.00 bits per heavy atom. The lowest BCUT2D eigenvalue weighted by atomic mass is 9.99. The van der Waals surface area contributed by atoms with Crippen LogP contribution in [0, 0.1) is 5.92 Å². The molecule has 1 N–H and O–H groups in total. The summed E-state index contributed by atoms with van der Waals surface area (Å²) >= 11 is 3.53. The predicted octanol–water partition coefficient (Wildman–Crippen LogP) is 4.64. The van der Waals surface area contributed by atoms with Crippen molar-refractivity contribution in [2.75, 3.05) is 13.2 Å². The molecule has 0 saturated heterocycles. The normalized spacial score (nSPS) is 17.9. The van der Waals surface area contributed by atoms with Crippen LogP contribution in [0.15, 0.2) is 22.7 Å². The molecular formula is C17H21BrN2O2. The number of amides is 1. The van der Waals surface area contributed by atoms with Gasteiger partial charge in [0, 0.05) is 27.6 Å². The highest BCUT2D eigenvalue weighted by molar-refractivity contribution is 9.10. The fourth-order valence-corrected chi connectivity index (χ4v) is 3.38. The van der Waals surface area contributed by atoms with Gasteiger partial charge < -0.3 is 9.72 Å². The number of carbonyl (C=O) groups is 1. The first kappa shape index (κ1) is 15.4. The molecule has 2 heterocycles. The van der Waals surface area contributed by atoms with Gasteiger partial charge >= 0.3 is 6.09 Å². The van der Waals surface area contributed by atoms with Crippen molar-refractivity contribution < 1.29 is 9.53 Å². The first-order chi connectivity index (χ1) is 10.5. The Kier molecular flexibility index (Phi) is 4.17. The molecule has 5 heteroatoms. The third-order valence-corrected chi connectivity index (χ3v) is 4.66. The summed E-state index contributed by atoms with van der Waals surface area (Å²) in [6.07, 6.45) is 0.638. The molecule has 0 spiro atoms. The first-order valence-electron chi connectivity index (χ1n) is 7.70. The van der Waals surface area contributed by atoms with Crippen LogP contribution in [0.5, 0.6) is 0 Å². The number of fused-ring (bicyclic) bond motifs is 3. The number of nitrogens with one attached hydrogen (secondary N) is 1. The van der Waals surface area contributed by atoms with Gasteiger partial charge in [0.2, 0.25) is 0 Å². The van der Waals surface area contributed by atoms with Gasteiger partial charge in [-0.1, -0.05) is 29.8 Å². The van der Waals surface area contributed by atoms with Crippen LogP contribution in [0.25, 0.3) is 10.9 Å². The molecule has 2 aromatic rings. The van der Waals surface area contributed by atoms with Gasteiger partial charge in [0.1, 0.15) is 0 Å². The number of hydrogen-bond donors (Lipinski definition) is 1. The van der Waals surface area contributed by atoms with Gasteiger partial charge in [0.05, 0.1) is 12.6 Å². The number of halogens is 1. The highest BCUT2D eigenvalue weighted by Gasteiger charge is 2.31. The molecule has 1 aromatic carbocycles. The molecule has 1 aromatic heterocycles. The lowest BCUT2D eigenvalue weighted by molar-refractivity contribution is 0.0765. The van der Waals surface area contributed by atoms with E-state index in [0.717, 1.165) is 22.1 Å². The number of aromatic nitrogens is 1. The minimum atomic E-state index is -0.216. The van der Waals surface area contributed by atoms with Crippen LogP contribution in [-0.4, -0.2) is 29.1 Å². The standard InChI is InChI=1S/C17H21BrN2O2/c1-10(2)9-22-17(21)20-7-6-13-14-8-12(18)4-5-15(14)19-16(13)11(20)3/h4-5,8,10-11,19H,6-7,9H2,1-3H3. The summed E-state index contributed by atoms with van der Waals surface area (Å²) in [5, 5.41) is 1.24. The van der Waals surface area contributed by atoms with Crippen molar-refractivity contribution in [3.63, 3.8) is 0 Å². The van der Waals surface area contributed by atoms with Gasteiger partial charge in [-0.2, -0.15) is 0 Å². The number of hydrogen-bond acceptors (Lipinski definition) is 2. The second kappa shape index (κ2) is 5.95. The van der Waals surface area contributed by atoms with Crippen molar-refractivity contribution in [1.29, 1.82) is 0 Å². The average molecular weight is 365 g/mol. The number of H-pyrrole nitrogens is 1. The van der Waals surface area contributed by atoms with E-state index in [1.165, 1.54) is 10.9 Å². The Hall–Kier alpha value is -1.49. The summed E-state index contributed by atoms with van der Waals surface area (Å²) in [4.78, 5) is 17.6. The Bertz CT molecular complexity index is 708. The Labute approximate surface area is 139 Å². The van der Waals surface area contributed by atoms with Crippen LogP contribution >= 0.6 is 15.9 Å². The lowest BCUT2D eigenvalue weighted by Gasteiger charge is -2.32. The molecule has 118 valence electrons. The Morgan fingerprint density at radius 2 is 2.27 bits per heavy atom. The van der Waals surface area contributed by atoms with E-state index in [4.69, 9.17) is 4.74 Å². The van der Waals surface area contributed by atoms with Crippen LogP contribution in [0.1, 0.15) is 38.1 Å². The van der Waals surface area contributed by atoms with E-state index in [9.17, 15) is 4.79 Å². The summed E-state index contributed by atoms with van der Waals surface area (Å²) in [6.45, 7) is 7.30. The molecule has 1 atom stereocenters. The van der Waals surface area contributed by atoms with E-state index >= 15 is 0 Å². The number of benzene rings is 1. The van der Waals surface area contributed by atoms with Crippen LogP contribution in [0.4, 0.5) is 4.79 Å². The quantitative estimate of drug-likeness (QED) is 0.843. The molecule has 22 heavy (non-hydrogen) atoms. The Balaban J connectivity index is 1.87. The van der Waals surface area contributed by atoms with Gasteiger partial charge in [0.15, 0.2) is 0 Å². The third kappa shape index (κ3) is 2.74. The third-order valence-electron chi connectivity index (χ3n) is 4.16. The zero-order chi connectivity index (χ0) is 15.9. The summed E-state index contributed by atoms with van der Waals surface area (Å²) in [5.41, 5.74) is 3.56. The highest BCUT2D eigenvalue weighted by Crippen LogP contribution is 2.35. The topological polar surface area (TPSA) is 45.3 Å². The number of aromatic amines is 1. The largest absolute Gasteiger partial charge is 0.449 e. The molecule has 1 unspecified atom stereocenters. The van der Waals surface area contributed by atoms with E-state index in [0.29, 0.717) is 19.1 Å². The molecule has 1 amide bonds. The van der Waals surface area contributed by atoms with Gasteiger partial charge in [-0.25, -0.2) is 4.79 Å². The van der Waals surface area contributed by atoms with Crippen LogP contribution < -0.4 is 0 Å². The number of rotatable bonds is 2. The lowest BCUT2D eigenvalue weighted by Crippen LogP contribution is -2.39. The van der Waals surface area contributed by atoms with Crippen LogP contribution in [-0.2, 0) is 11.2 Å². The molecule has 0 saturated carbocycles. The van der Waals surface area contributed by atoms with Crippen LogP contribution in [0.3, 0.4) is 0 Å². The molecular weight excluding hydrogens is 344 g/mol. The van der Waals surface area contributed by atoms with E-state index in [1.807, 2.05) is 24.8 Å². The summed E-state index contributed by atoms with van der Waals surface area (Å²) in [7, 11) is 0. The van der Waals surface area contributed by atoms with E-state index in [2.05, 4.69) is 40.0 Å². The molecule has 0 aliphatic carbocycles. The fraction of sp³-hybridized carbons (Fsp3) is 0.471. The Morgan fingerprint density at radius 1 is 1.50 bits per heavy atom. The van der Waals surface area contributed by atoms with Crippen molar-refractivity contribution in [3.05, 3.63) is 33.9 Å². The maximum atomic E-state index is 12.3. The first-order valence-corrected chi connectivity index (χ1v) is 8.50. The molecule has 0 radical (unpaired) electrons. The second-order valence-electron chi connectivity index (χ2n) is 6.30. The number of ether oxygens (including phenoxy) is 1. The van der Waals surface area contributed by atoms with Crippen LogP contribution in [0.2, 0.25) is 0 Å². The van der Waals surface area contributed by atoms with Crippen molar-refractivity contribution in [2.45, 2.75) is 33.2 Å². The molecule has 1 aliphatic rings. The van der Waals surface area contributed by atoms with Crippen molar-refractivity contribution in [1.82, 2.24) is 9.88 Å². The summed E-state index contributed by atoms with van der Waals surface area (Å²) < 4.78 is 6.46. The second-order valence-corrected chi connectivity index (χ2v) is 7.21. The van der Waals surface area contributed by atoms with Gasteiger partial charge in [-0.3, -0.25) is 4.90 Å². The fourth-order valence-electron chi connectivity index (χ4n) is 3.02. The number of nitrogens with zero attached hydrogens (tertiary/aromatic N) is 1. The SMILES string of the molecule is CC(C)COC(=O)N1CCc2c([nH]c3ccc(Br)cc23)C1C. The monoisotopic (exact) mass is 364 g/mol. The smallest absolute Gasteiger partial charge is 0.410 e. The van der Waals surface area contributed by atoms with Crippen molar-refractivity contribution in [3.8, 4) is 0 Å². The van der Waals surface area contributed by atoms with Crippen molar-refractivity contribution >= 4 is 32.9 Å². The van der Waals surface area contributed by atoms with Gasteiger partial charge in [-0.15, -0.1) is 0 Å². The van der Waals surface area contributed by atoms with Crippen molar-refractivity contribution in [2.24, 2.45) is 5.92 Å². The highest BCUT2D eigenvalue weighted by atomic mass is 79.9. The summed E-state index contributed by atoms with van der Waals surface area (Å²) in [5.74, 6) is 0.352. The van der Waals surface area contributed by atoms with E-state index in [1.54, 1.807) is 0 Å². The maximum absolute atomic E-state index is 12.3. The minimum absolute atomic E-state index is 0.00888. The minimum Gasteiger partial charge on any atom is -0.449 e.